The molecule has 8 heteroatoms. The number of hydrogen-bond donors (Lipinski definition) is 1. The summed E-state index contributed by atoms with van der Waals surface area (Å²) in [6.45, 7) is 4.21. The second-order valence-electron chi connectivity index (χ2n) is 7.35. The molecule has 0 saturated heterocycles. The van der Waals surface area contributed by atoms with Crippen molar-refractivity contribution >= 4 is 34.7 Å². The van der Waals surface area contributed by atoms with Crippen LogP contribution in [0.5, 0.6) is 5.75 Å². The van der Waals surface area contributed by atoms with E-state index in [-0.39, 0.29) is 11.7 Å². The smallest absolute Gasteiger partial charge is 0.234 e. The number of anilines is 1. The Morgan fingerprint density at radius 3 is 2.62 bits per heavy atom. The van der Waals surface area contributed by atoms with Crippen LogP contribution in [0.3, 0.4) is 0 Å². The van der Waals surface area contributed by atoms with Crippen molar-refractivity contribution in [1.29, 1.82) is 0 Å². The highest BCUT2D eigenvalue weighted by molar-refractivity contribution is 7.99. The van der Waals surface area contributed by atoms with E-state index in [2.05, 4.69) is 59.0 Å². The monoisotopic (exact) mass is 464 g/mol. The molecule has 0 aliphatic carbocycles. The average molecular weight is 465 g/mol. The van der Waals surface area contributed by atoms with Gasteiger partial charge in [-0.25, -0.2) is 0 Å². The Bertz CT molecular complexity index is 1250. The maximum absolute atomic E-state index is 12.5. The van der Waals surface area contributed by atoms with E-state index >= 15 is 0 Å². The van der Waals surface area contributed by atoms with Gasteiger partial charge in [-0.1, -0.05) is 53.7 Å². The lowest BCUT2D eigenvalue weighted by Crippen LogP contribution is -2.15. The standard InChI is InChI=1S/C24H24N4O2S2/c1-15-9-11-17(12-10-15)22-16(2)31-13-18(22)23-26-27-24(28(23)3)32-14-21(29)25-19-7-5-6-8-20(19)30-4/h5-13H,14H2,1-4H3,(H,25,29). The molecular formula is C24H24N4O2S2. The van der Waals surface area contributed by atoms with Gasteiger partial charge in [0.2, 0.25) is 5.91 Å². The molecule has 0 spiro atoms. The molecule has 0 bridgehead atoms. The summed E-state index contributed by atoms with van der Waals surface area (Å²) >= 11 is 3.06. The van der Waals surface area contributed by atoms with E-state index in [0.29, 0.717) is 16.6 Å². The lowest BCUT2D eigenvalue weighted by atomic mass is 10.0. The number of carbonyl (C=O) groups excluding carboxylic acids is 1. The largest absolute Gasteiger partial charge is 0.495 e. The molecule has 2 aromatic carbocycles. The fraction of sp³-hybridized carbons (Fsp3) is 0.208. The van der Waals surface area contributed by atoms with Crippen LogP contribution in [0.2, 0.25) is 0 Å². The van der Waals surface area contributed by atoms with Crippen molar-refractivity contribution in [2.75, 3.05) is 18.2 Å². The Morgan fingerprint density at radius 2 is 1.88 bits per heavy atom. The van der Waals surface area contributed by atoms with Gasteiger partial charge in [0, 0.05) is 28.4 Å². The van der Waals surface area contributed by atoms with Crippen LogP contribution in [-0.4, -0.2) is 33.5 Å². The first-order valence-corrected chi connectivity index (χ1v) is 11.9. The molecule has 0 unspecified atom stereocenters. The summed E-state index contributed by atoms with van der Waals surface area (Å²) in [6.07, 6.45) is 0. The number of thiophene rings is 1. The van der Waals surface area contributed by atoms with Crippen LogP contribution in [0, 0.1) is 13.8 Å². The molecule has 4 rings (SSSR count). The number of aryl methyl sites for hydroxylation is 2. The van der Waals surface area contributed by atoms with E-state index < -0.39 is 0 Å². The number of para-hydroxylation sites is 2. The third-order valence-corrected chi connectivity index (χ3v) is 7.04. The van der Waals surface area contributed by atoms with Crippen molar-refractivity contribution in [1.82, 2.24) is 14.8 Å². The van der Waals surface area contributed by atoms with E-state index in [1.807, 2.05) is 35.9 Å². The molecule has 0 aliphatic rings. The van der Waals surface area contributed by atoms with Gasteiger partial charge in [-0.2, -0.15) is 0 Å². The second-order valence-corrected chi connectivity index (χ2v) is 9.38. The van der Waals surface area contributed by atoms with Gasteiger partial charge in [0.1, 0.15) is 5.75 Å². The molecule has 164 valence electrons. The summed E-state index contributed by atoms with van der Waals surface area (Å²) in [6, 6.07) is 15.9. The third-order valence-electron chi connectivity index (χ3n) is 5.10. The number of amides is 1. The van der Waals surface area contributed by atoms with Crippen molar-refractivity contribution in [3.63, 3.8) is 0 Å². The van der Waals surface area contributed by atoms with Gasteiger partial charge in [0.15, 0.2) is 11.0 Å². The van der Waals surface area contributed by atoms with Crippen LogP contribution in [0.4, 0.5) is 5.69 Å². The van der Waals surface area contributed by atoms with Crippen molar-refractivity contribution in [3.05, 3.63) is 64.4 Å². The maximum atomic E-state index is 12.5. The highest BCUT2D eigenvalue weighted by atomic mass is 32.2. The molecule has 0 atom stereocenters. The van der Waals surface area contributed by atoms with Crippen LogP contribution in [0.1, 0.15) is 10.4 Å². The quantitative estimate of drug-likeness (QED) is 0.362. The molecule has 0 saturated carbocycles. The molecule has 2 heterocycles. The number of thioether (sulfide) groups is 1. The average Bonchev–Trinajstić information content (AvgIpc) is 3.35. The maximum Gasteiger partial charge on any atom is 0.234 e. The number of methoxy groups -OCH3 is 1. The SMILES string of the molecule is COc1ccccc1NC(=O)CSc1nnc(-c2csc(C)c2-c2ccc(C)cc2)n1C. The van der Waals surface area contributed by atoms with E-state index in [0.717, 1.165) is 17.0 Å². The first-order chi connectivity index (χ1) is 15.5. The zero-order valence-electron chi connectivity index (χ0n) is 18.4. The van der Waals surface area contributed by atoms with Gasteiger partial charge in [0.05, 0.1) is 18.6 Å². The van der Waals surface area contributed by atoms with Gasteiger partial charge >= 0.3 is 0 Å². The first kappa shape index (κ1) is 22.1. The zero-order valence-corrected chi connectivity index (χ0v) is 20.0. The number of aromatic nitrogens is 3. The van der Waals surface area contributed by atoms with Crippen molar-refractivity contribution in [3.8, 4) is 28.3 Å². The predicted molar refractivity (Wildman–Crippen MR) is 132 cm³/mol. The van der Waals surface area contributed by atoms with Crippen LogP contribution < -0.4 is 10.1 Å². The van der Waals surface area contributed by atoms with Gasteiger partial charge in [-0.15, -0.1) is 21.5 Å². The van der Waals surface area contributed by atoms with Crippen LogP contribution in [-0.2, 0) is 11.8 Å². The van der Waals surface area contributed by atoms with Gasteiger partial charge < -0.3 is 14.6 Å². The van der Waals surface area contributed by atoms with Crippen molar-refractivity contribution in [2.24, 2.45) is 7.05 Å². The van der Waals surface area contributed by atoms with E-state index in [1.54, 1.807) is 18.4 Å². The lowest BCUT2D eigenvalue weighted by molar-refractivity contribution is -0.113. The summed E-state index contributed by atoms with van der Waals surface area (Å²) in [7, 11) is 3.51. The summed E-state index contributed by atoms with van der Waals surface area (Å²) in [4.78, 5) is 13.7. The summed E-state index contributed by atoms with van der Waals surface area (Å²) < 4.78 is 7.23. The molecule has 1 amide bonds. The molecule has 0 fully saturated rings. The summed E-state index contributed by atoms with van der Waals surface area (Å²) in [5, 5.41) is 14.5. The first-order valence-electron chi connectivity index (χ1n) is 10.1. The third kappa shape index (κ3) is 4.56. The minimum atomic E-state index is -0.129. The Balaban J connectivity index is 1.51. The fourth-order valence-corrected chi connectivity index (χ4v) is 5.01. The van der Waals surface area contributed by atoms with Crippen LogP contribution in [0.15, 0.2) is 59.1 Å². The number of nitrogens with zero attached hydrogens (tertiary/aromatic N) is 3. The normalized spacial score (nSPS) is 10.9. The molecule has 1 N–H and O–H groups in total. The highest BCUT2D eigenvalue weighted by Gasteiger charge is 2.19. The molecule has 6 nitrogen and oxygen atoms in total. The van der Waals surface area contributed by atoms with Crippen molar-refractivity contribution in [2.45, 2.75) is 19.0 Å². The minimum absolute atomic E-state index is 0.129. The number of nitrogens with one attached hydrogen (secondary N) is 1. The molecule has 0 radical (unpaired) electrons. The number of carbonyl (C=O) groups is 1. The molecule has 32 heavy (non-hydrogen) atoms. The second kappa shape index (κ2) is 9.58. The number of benzene rings is 2. The number of ether oxygens (including phenoxy) is 1. The zero-order chi connectivity index (χ0) is 22.7. The number of rotatable bonds is 7. The minimum Gasteiger partial charge on any atom is -0.495 e. The predicted octanol–water partition coefficient (Wildman–Crippen LogP) is 5.57. The molecule has 0 aliphatic heterocycles. The summed E-state index contributed by atoms with van der Waals surface area (Å²) in [5.41, 5.74) is 5.27. The highest BCUT2D eigenvalue weighted by Crippen LogP contribution is 2.39. The van der Waals surface area contributed by atoms with Crippen LogP contribution in [0.25, 0.3) is 22.5 Å². The lowest BCUT2D eigenvalue weighted by Gasteiger charge is -2.10. The van der Waals surface area contributed by atoms with Crippen LogP contribution >= 0.6 is 23.1 Å². The van der Waals surface area contributed by atoms with E-state index in [1.165, 1.54) is 27.8 Å². The Morgan fingerprint density at radius 1 is 1.12 bits per heavy atom. The molecule has 4 aromatic rings. The molecule has 2 aromatic heterocycles. The van der Waals surface area contributed by atoms with Gasteiger partial charge in [-0.3, -0.25) is 4.79 Å². The summed E-state index contributed by atoms with van der Waals surface area (Å²) in [5.74, 6) is 1.51. The topological polar surface area (TPSA) is 69.0 Å². The van der Waals surface area contributed by atoms with E-state index in [4.69, 9.17) is 4.74 Å². The van der Waals surface area contributed by atoms with Gasteiger partial charge in [-0.05, 0) is 31.5 Å². The van der Waals surface area contributed by atoms with Gasteiger partial charge in [0.25, 0.3) is 0 Å². The van der Waals surface area contributed by atoms with E-state index in [9.17, 15) is 4.79 Å². The van der Waals surface area contributed by atoms with Crippen molar-refractivity contribution < 1.29 is 9.53 Å². The molecular weight excluding hydrogens is 440 g/mol. The Kier molecular flexibility index (Phi) is 6.62. The Hall–Kier alpha value is -3.10. The number of hydrogen-bond acceptors (Lipinski definition) is 6. The Labute approximate surface area is 195 Å². The fourth-order valence-electron chi connectivity index (χ4n) is 3.44.